The van der Waals surface area contributed by atoms with Gasteiger partial charge in [0, 0.05) is 18.7 Å². The summed E-state index contributed by atoms with van der Waals surface area (Å²) in [6.07, 6.45) is 3.40. The van der Waals surface area contributed by atoms with E-state index in [2.05, 4.69) is 6.92 Å². The molecule has 0 aliphatic carbocycles. The number of anilines is 1. The van der Waals surface area contributed by atoms with Crippen LogP contribution in [-0.2, 0) is 16.6 Å². The molecule has 1 amide bonds. The van der Waals surface area contributed by atoms with Gasteiger partial charge in [0.05, 0.1) is 18.5 Å². The molecule has 0 unspecified atom stereocenters. The smallest absolute Gasteiger partial charge is 0.253 e. The van der Waals surface area contributed by atoms with E-state index in [9.17, 15) is 13.2 Å². The van der Waals surface area contributed by atoms with Crippen molar-refractivity contribution in [3.8, 4) is 0 Å². The molecule has 0 spiro atoms. The second-order valence-corrected chi connectivity index (χ2v) is 9.65. The van der Waals surface area contributed by atoms with Gasteiger partial charge in [0.25, 0.3) is 5.91 Å². The van der Waals surface area contributed by atoms with Gasteiger partial charge in [-0.2, -0.15) is 0 Å². The number of benzene rings is 2. The lowest BCUT2D eigenvalue weighted by molar-refractivity contribution is 0.0683. The number of amides is 1. The second kappa shape index (κ2) is 8.35. The average Bonchev–Trinajstić information content (AvgIpc) is 2.66. The minimum atomic E-state index is -3.46. The van der Waals surface area contributed by atoms with Crippen LogP contribution in [0.5, 0.6) is 0 Å². The Balaban J connectivity index is 1.82. The highest BCUT2D eigenvalue weighted by Gasteiger charge is 2.23. The molecule has 3 rings (SSSR count). The summed E-state index contributed by atoms with van der Waals surface area (Å²) in [6, 6.07) is 14.6. The normalized spacial score (nSPS) is 17.4. The van der Waals surface area contributed by atoms with E-state index >= 15 is 0 Å². The molecule has 1 heterocycles. The van der Waals surface area contributed by atoms with E-state index < -0.39 is 10.0 Å². The molecule has 1 saturated heterocycles. The van der Waals surface area contributed by atoms with Gasteiger partial charge in [0.2, 0.25) is 10.0 Å². The van der Waals surface area contributed by atoms with Gasteiger partial charge < -0.3 is 4.90 Å². The summed E-state index contributed by atoms with van der Waals surface area (Å²) in [6.45, 7) is 5.97. The summed E-state index contributed by atoms with van der Waals surface area (Å²) in [5.74, 6) is 0.537. The zero-order valence-corrected chi connectivity index (χ0v) is 17.6. The molecule has 2 aromatic carbocycles. The van der Waals surface area contributed by atoms with Crippen molar-refractivity contribution >= 4 is 21.6 Å². The lowest BCUT2D eigenvalue weighted by Gasteiger charge is -2.31. The number of hydrogen-bond donors (Lipinski definition) is 0. The van der Waals surface area contributed by atoms with Gasteiger partial charge in [-0.05, 0) is 61.1 Å². The molecular weight excluding hydrogens is 372 g/mol. The summed E-state index contributed by atoms with van der Waals surface area (Å²) >= 11 is 0. The number of piperidine rings is 1. The maximum atomic E-state index is 12.8. The van der Waals surface area contributed by atoms with E-state index in [0.717, 1.165) is 37.1 Å². The van der Waals surface area contributed by atoms with Crippen LogP contribution in [0.1, 0.15) is 41.3 Å². The van der Waals surface area contributed by atoms with Crippen LogP contribution in [0, 0.1) is 12.8 Å². The number of carbonyl (C=O) groups is 1. The lowest BCUT2D eigenvalue weighted by atomic mass is 9.99. The fraction of sp³-hybridized carbons (Fsp3) is 0.409. The van der Waals surface area contributed by atoms with E-state index in [1.165, 1.54) is 10.6 Å². The second-order valence-electron chi connectivity index (χ2n) is 7.74. The van der Waals surface area contributed by atoms with E-state index in [1.54, 1.807) is 24.3 Å². The molecule has 2 aromatic rings. The van der Waals surface area contributed by atoms with E-state index in [-0.39, 0.29) is 12.5 Å². The minimum Gasteiger partial charge on any atom is -0.338 e. The average molecular weight is 401 g/mol. The standard InChI is InChI=1S/C22H28N2O3S/c1-17-7-6-14-23(15-17)22(25)19-10-12-21(13-11-19)24(28(3,26)27)16-20-9-5-4-8-18(20)2/h4-5,8-13,17H,6-7,14-16H2,1-3H3/t17-/m0/s1. The van der Waals surface area contributed by atoms with Crippen LogP contribution in [0.2, 0.25) is 0 Å². The Bertz CT molecular complexity index is 939. The molecule has 1 aliphatic rings. The summed E-state index contributed by atoms with van der Waals surface area (Å²) in [5.41, 5.74) is 3.16. The summed E-state index contributed by atoms with van der Waals surface area (Å²) < 4.78 is 26.2. The highest BCUT2D eigenvalue weighted by atomic mass is 32.2. The van der Waals surface area contributed by atoms with Gasteiger partial charge >= 0.3 is 0 Å². The Hall–Kier alpha value is -2.34. The first-order valence-electron chi connectivity index (χ1n) is 9.67. The number of hydrogen-bond acceptors (Lipinski definition) is 3. The third kappa shape index (κ3) is 4.73. The first-order chi connectivity index (χ1) is 13.3. The van der Waals surface area contributed by atoms with Gasteiger partial charge in [0.15, 0.2) is 0 Å². The van der Waals surface area contributed by atoms with Crippen LogP contribution in [0.25, 0.3) is 0 Å². The zero-order valence-electron chi connectivity index (χ0n) is 16.8. The summed E-state index contributed by atoms with van der Waals surface area (Å²) in [4.78, 5) is 14.6. The topological polar surface area (TPSA) is 57.7 Å². The van der Waals surface area contributed by atoms with Crippen molar-refractivity contribution in [1.29, 1.82) is 0 Å². The van der Waals surface area contributed by atoms with Gasteiger partial charge in [0.1, 0.15) is 0 Å². The number of sulfonamides is 1. The third-order valence-electron chi connectivity index (χ3n) is 5.32. The van der Waals surface area contributed by atoms with Gasteiger partial charge in [-0.25, -0.2) is 8.42 Å². The molecule has 28 heavy (non-hydrogen) atoms. The molecule has 1 aliphatic heterocycles. The van der Waals surface area contributed by atoms with Crippen LogP contribution in [0.3, 0.4) is 0 Å². The van der Waals surface area contributed by atoms with Crippen LogP contribution >= 0.6 is 0 Å². The Labute approximate surface area is 168 Å². The van der Waals surface area contributed by atoms with Gasteiger partial charge in [-0.15, -0.1) is 0 Å². The van der Waals surface area contributed by atoms with Crippen molar-refractivity contribution in [2.75, 3.05) is 23.7 Å². The van der Waals surface area contributed by atoms with Gasteiger partial charge in [-0.3, -0.25) is 9.10 Å². The fourth-order valence-electron chi connectivity index (χ4n) is 3.67. The first-order valence-corrected chi connectivity index (χ1v) is 11.5. The van der Waals surface area contributed by atoms with Crippen molar-refractivity contribution in [3.05, 3.63) is 65.2 Å². The maximum Gasteiger partial charge on any atom is 0.253 e. The summed E-state index contributed by atoms with van der Waals surface area (Å²) in [5, 5.41) is 0. The van der Waals surface area contributed by atoms with Crippen molar-refractivity contribution in [2.45, 2.75) is 33.2 Å². The molecule has 150 valence electrons. The highest BCUT2D eigenvalue weighted by Crippen LogP contribution is 2.24. The Morgan fingerprint density at radius 1 is 1.14 bits per heavy atom. The SMILES string of the molecule is Cc1ccccc1CN(c1ccc(C(=O)N2CCC[C@H](C)C2)cc1)S(C)(=O)=O. The molecule has 5 nitrogen and oxygen atoms in total. The zero-order chi connectivity index (χ0) is 20.3. The molecule has 6 heteroatoms. The van der Waals surface area contributed by atoms with Crippen LogP contribution in [0.4, 0.5) is 5.69 Å². The largest absolute Gasteiger partial charge is 0.338 e. The predicted molar refractivity (Wildman–Crippen MR) is 113 cm³/mol. The van der Waals surface area contributed by atoms with Crippen molar-refractivity contribution in [2.24, 2.45) is 5.92 Å². The van der Waals surface area contributed by atoms with Gasteiger partial charge in [-0.1, -0.05) is 31.2 Å². The molecule has 0 radical (unpaired) electrons. The van der Waals surface area contributed by atoms with Crippen LogP contribution < -0.4 is 4.31 Å². The van der Waals surface area contributed by atoms with E-state index in [0.29, 0.717) is 17.2 Å². The first kappa shape index (κ1) is 20.4. The molecule has 0 N–H and O–H groups in total. The monoisotopic (exact) mass is 400 g/mol. The Kier molecular flexibility index (Phi) is 6.08. The number of carbonyl (C=O) groups excluding carboxylic acids is 1. The van der Waals surface area contributed by atoms with Crippen molar-refractivity contribution in [3.63, 3.8) is 0 Å². The highest BCUT2D eigenvalue weighted by molar-refractivity contribution is 7.92. The van der Waals surface area contributed by atoms with E-state index in [1.807, 2.05) is 36.1 Å². The lowest BCUT2D eigenvalue weighted by Crippen LogP contribution is -2.39. The van der Waals surface area contributed by atoms with Crippen molar-refractivity contribution in [1.82, 2.24) is 4.90 Å². The molecular formula is C22H28N2O3S. The molecule has 0 bridgehead atoms. The molecule has 1 atom stereocenters. The quantitative estimate of drug-likeness (QED) is 0.766. The predicted octanol–water partition coefficient (Wildman–Crippen LogP) is 3.83. The van der Waals surface area contributed by atoms with Crippen molar-refractivity contribution < 1.29 is 13.2 Å². The molecule has 0 saturated carbocycles. The third-order valence-corrected chi connectivity index (χ3v) is 6.46. The Morgan fingerprint density at radius 3 is 2.43 bits per heavy atom. The summed E-state index contributed by atoms with van der Waals surface area (Å²) in [7, 11) is -3.46. The number of aryl methyl sites for hydroxylation is 1. The number of rotatable bonds is 5. The maximum absolute atomic E-state index is 12.8. The van der Waals surface area contributed by atoms with Crippen LogP contribution in [0.15, 0.2) is 48.5 Å². The molecule has 0 aromatic heterocycles. The number of nitrogens with zero attached hydrogens (tertiary/aromatic N) is 2. The fourth-order valence-corrected chi connectivity index (χ4v) is 4.55. The Morgan fingerprint density at radius 2 is 1.82 bits per heavy atom. The molecule has 1 fully saturated rings. The van der Waals surface area contributed by atoms with E-state index in [4.69, 9.17) is 0 Å². The number of likely N-dealkylation sites (tertiary alicyclic amines) is 1. The minimum absolute atomic E-state index is 0.0166. The van der Waals surface area contributed by atoms with Crippen LogP contribution in [-0.4, -0.2) is 38.6 Å².